The summed E-state index contributed by atoms with van der Waals surface area (Å²) >= 11 is 0. The molecule has 1 aliphatic heterocycles. The fraction of sp³-hybridized carbons (Fsp3) is 0.333. The number of carbonyl (C=O) groups is 2. The molecular formula is C12H13NO3. The van der Waals surface area contributed by atoms with Crippen molar-refractivity contribution in [1.82, 2.24) is 4.90 Å². The van der Waals surface area contributed by atoms with E-state index < -0.39 is 0 Å². The Labute approximate surface area is 93.5 Å². The molecule has 0 spiro atoms. The molecule has 1 heterocycles. The van der Waals surface area contributed by atoms with Gasteiger partial charge in [0.1, 0.15) is 0 Å². The average molecular weight is 219 g/mol. The fourth-order valence-electron chi connectivity index (χ4n) is 1.86. The van der Waals surface area contributed by atoms with Crippen LogP contribution in [0.5, 0.6) is 0 Å². The molecule has 0 radical (unpaired) electrons. The van der Waals surface area contributed by atoms with Gasteiger partial charge < -0.3 is 5.11 Å². The Balaban J connectivity index is 2.27. The Hall–Kier alpha value is -1.68. The smallest absolute Gasteiger partial charge is 0.260 e. The summed E-state index contributed by atoms with van der Waals surface area (Å²) in [5.74, 6) is -0.433. The number of hydrogen-bond acceptors (Lipinski definition) is 3. The molecule has 16 heavy (non-hydrogen) atoms. The van der Waals surface area contributed by atoms with Gasteiger partial charge in [-0.15, -0.1) is 0 Å². The molecular weight excluding hydrogens is 206 g/mol. The van der Waals surface area contributed by atoms with Crippen LogP contribution in [0, 0.1) is 0 Å². The zero-order chi connectivity index (χ0) is 11.5. The SMILES string of the molecule is O=C1Cc2ccccc2C(=O)N1CCCO. The molecule has 2 amide bonds. The van der Waals surface area contributed by atoms with Crippen LogP contribution >= 0.6 is 0 Å². The summed E-state index contributed by atoms with van der Waals surface area (Å²) < 4.78 is 0. The van der Waals surface area contributed by atoms with E-state index >= 15 is 0 Å². The van der Waals surface area contributed by atoms with Crippen molar-refractivity contribution in [2.24, 2.45) is 0 Å². The van der Waals surface area contributed by atoms with Crippen LogP contribution in [0.1, 0.15) is 22.3 Å². The van der Waals surface area contributed by atoms with Gasteiger partial charge in [-0.1, -0.05) is 18.2 Å². The van der Waals surface area contributed by atoms with Gasteiger partial charge >= 0.3 is 0 Å². The summed E-state index contributed by atoms with van der Waals surface area (Å²) in [5.41, 5.74) is 1.39. The second kappa shape index (κ2) is 4.45. The third kappa shape index (κ3) is 1.84. The predicted octanol–water partition coefficient (Wildman–Crippen LogP) is 0.594. The zero-order valence-corrected chi connectivity index (χ0v) is 8.85. The van der Waals surface area contributed by atoms with E-state index in [-0.39, 0.29) is 24.8 Å². The van der Waals surface area contributed by atoms with Crippen LogP contribution in [0.3, 0.4) is 0 Å². The average Bonchev–Trinajstić information content (AvgIpc) is 2.29. The minimum absolute atomic E-state index is 0.0152. The number of carbonyl (C=O) groups excluding carboxylic acids is 2. The Kier molecular flexibility index (Phi) is 3.01. The number of benzene rings is 1. The highest BCUT2D eigenvalue weighted by molar-refractivity contribution is 6.09. The van der Waals surface area contributed by atoms with Crippen molar-refractivity contribution in [3.8, 4) is 0 Å². The third-order valence-electron chi connectivity index (χ3n) is 2.68. The molecule has 0 aromatic heterocycles. The summed E-state index contributed by atoms with van der Waals surface area (Å²) in [6.45, 7) is 0.279. The highest BCUT2D eigenvalue weighted by Gasteiger charge is 2.29. The Bertz CT molecular complexity index is 428. The normalized spacial score (nSPS) is 15.2. The first kappa shape index (κ1) is 10.8. The molecule has 0 saturated carbocycles. The van der Waals surface area contributed by atoms with Crippen molar-refractivity contribution in [2.45, 2.75) is 12.8 Å². The van der Waals surface area contributed by atoms with E-state index in [0.29, 0.717) is 18.5 Å². The minimum atomic E-state index is -0.250. The van der Waals surface area contributed by atoms with Gasteiger partial charge in [-0.3, -0.25) is 14.5 Å². The topological polar surface area (TPSA) is 57.6 Å². The lowest BCUT2D eigenvalue weighted by atomic mass is 9.98. The number of amides is 2. The molecule has 1 aromatic rings. The van der Waals surface area contributed by atoms with E-state index in [2.05, 4.69) is 0 Å². The fourth-order valence-corrected chi connectivity index (χ4v) is 1.86. The number of aliphatic hydroxyl groups is 1. The lowest BCUT2D eigenvalue weighted by molar-refractivity contribution is -0.128. The number of hydrogen-bond donors (Lipinski definition) is 1. The molecule has 84 valence electrons. The van der Waals surface area contributed by atoms with E-state index in [4.69, 9.17) is 5.11 Å². The molecule has 1 aliphatic rings. The molecule has 0 aliphatic carbocycles. The summed E-state index contributed by atoms with van der Waals surface area (Å²) in [4.78, 5) is 24.9. The monoisotopic (exact) mass is 219 g/mol. The molecule has 0 saturated heterocycles. The van der Waals surface area contributed by atoms with E-state index in [1.807, 2.05) is 6.07 Å². The Morgan fingerprint density at radius 3 is 2.75 bits per heavy atom. The molecule has 1 N–H and O–H groups in total. The second-order valence-electron chi connectivity index (χ2n) is 3.76. The maximum absolute atomic E-state index is 12.0. The standard InChI is InChI=1S/C12H13NO3/c14-7-3-6-13-11(15)8-9-4-1-2-5-10(9)12(13)16/h1-2,4-5,14H,3,6-8H2. The zero-order valence-electron chi connectivity index (χ0n) is 8.85. The van der Waals surface area contributed by atoms with Crippen LogP contribution in [0.4, 0.5) is 0 Å². The van der Waals surface area contributed by atoms with E-state index in [9.17, 15) is 9.59 Å². The minimum Gasteiger partial charge on any atom is -0.396 e. The first-order chi connectivity index (χ1) is 7.74. The molecule has 1 aromatic carbocycles. The van der Waals surface area contributed by atoms with Crippen LogP contribution in [0.25, 0.3) is 0 Å². The van der Waals surface area contributed by atoms with Gasteiger partial charge in [-0.2, -0.15) is 0 Å². The number of nitrogens with zero attached hydrogens (tertiary/aromatic N) is 1. The van der Waals surface area contributed by atoms with Gasteiger partial charge in [0.15, 0.2) is 0 Å². The summed E-state index contributed by atoms with van der Waals surface area (Å²) in [6.07, 6.45) is 0.701. The van der Waals surface area contributed by atoms with Gasteiger partial charge in [-0.05, 0) is 18.1 Å². The molecule has 0 bridgehead atoms. The number of fused-ring (bicyclic) bond motifs is 1. The molecule has 2 rings (SSSR count). The van der Waals surface area contributed by atoms with Crippen molar-refractivity contribution in [1.29, 1.82) is 0 Å². The molecule has 0 unspecified atom stereocenters. The highest BCUT2D eigenvalue weighted by Crippen LogP contribution is 2.19. The molecule has 4 nitrogen and oxygen atoms in total. The number of rotatable bonds is 3. The van der Waals surface area contributed by atoms with Crippen molar-refractivity contribution < 1.29 is 14.7 Å². The Morgan fingerprint density at radius 2 is 2.00 bits per heavy atom. The summed E-state index contributed by atoms with van der Waals surface area (Å²) in [5, 5.41) is 8.72. The van der Waals surface area contributed by atoms with E-state index in [1.165, 1.54) is 4.90 Å². The van der Waals surface area contributed by atoms with Crippen molar-refractivity contribution in [3.05, 3.63) is 35.4 Å². The van der Waals surface area contributed by atoms with Gasteiger partial charge in [0.25, 0.3) is 5.91 Å². The largest absolute Gasteiger partial charge is 0.396 e. The van der Waals surface area contributed by atoms with Crippen LogP contribution < -0.4 is 0 Å². The third-order valence-corrected chi connectivity index (χ3v) is 2.68. The van der Waals surface area contributed by atoms with Crippen molar-refractivity contribution >= 4 is 11.8 Å². The van der Waals surface area contributed by atoms with Crippen LogP contribution in [0.15, 0.2) is 24.3 Å². The lowest BCUT2D eigenvalue weighted by Gasteiger charge is -2.26. The van der Waals surface area contributed by atoms with E-state index in [1.54, 1.807) is 18.2 Å². The van der Waals surface area contributed by atoms with Gasteiger partial charge in [0.2, 0.25) is 5.91 Å². The predicted molar refractivity (Wildman–Crippen MR) is 57.9 cm³/mol. The maximum atomic E-state index is 12.0. The number of imide groups is 1. The molecule has 0 fully saturated rings. The Morgan fingerprint density at radius 1 is 1.25 bits per heavy atom. The quantitative estimate of drug-likeness (QED) is 0.757. The van der Waals surface area contributed by atoms with Crippen LogP contribution in [0.2, 0.25) is 0 Å². The van der Waals surface area contributed by atoms with E-state index in [0.717, 1.165) is 5.56 Å². The summed E-state index contributed by atoms with van der Waals surface area (Å²) in [7, 11) is 0. The molecule has 4 heteroatoms. The van der Waals surface area contributed by atoms with Crippen LogP contribution in [-0.4, -0.2) is 35.0 Å². The van der Waals surface area contributed by atoms with Gasteiger partial charge in [-0.25, -0.2) is 0 Å². The number of aliphatic hydroxyl groups excluding tert-OH is 1. The second-order valence-corrected chi connectivity index (χ2v) is 3.76. The first-order valence-electron chi connectivity index (χ1n) is 5.27. The van der Waals surface area contributed by atoms with Gasteiger partial charge in [0.05, 0.1) is 6.42 Å². The lowest BCUT2D eigenvalue weighted by Crippen LogP contribution is -2.42. The maximum Gasteiger partial charge on any atom is 0.260 e. The van der Waals surface area contributed by atoms with Crippen molar-refractivity contribution in [3.63, 3.8) is 0 Å². The van der Waals surface area contributed by atoms with Gasteiger partial charge in [0, 0.05) is 18.7 Å². The van der Waals surface area contributed by atoms with Crippen molar-refractivity contribution in [2.75, 3.05) is 13.2 Å². The summed E-state index contributed by atoms with van der Waals surface area (Å²) in [6, 6.07) is 7.14. The molecule has 0 atom stereocenters. The highest BCUT2D eigenvalue weighted by atomic mass is 16.3. The first-order valence-corrected chi connectivity index (χ1v) is 5.27. The van der Waals surface area contributed by atoms with Crippen LogP contribution in [-0.2, 0) is 11.2 Å².